The predicted octanol–water partition coefficient (Wildman–Crippen LogP) is 4.30. The molecule has 2 N–H and O–H groups in total. The molecule has 0 bridgehead atoms. The van der Waals surface area contributed by atoms with Crippen molar-refractivity contribution in [2.24, 2.45) is 5.92 Å². The molecular formula is C26H31N3O3. The van der Waals surface area contributed by atoms with E-state index in [1.807, 2.05) is 24.3 Å². The Bertz CT molecular complexity index is 997. The first kappa shape index (κ1) is 22.1. The summed E-state index contributed by atoms with van der Waals surface area (Å²) in [6.45, 7) is 2.40. The minimum atomic E-state index is -0.457. The number of nitrogens with zero attached hydrogens (tertiary/aromatic N) is 1. The fourth-order valence-electron chi connectivity index (χ4n) is 4.72. The average Bonchev–Trinajstić information content (AvgIpc) is 3.21. The summed E-state index contributed by atoms with van der Waals surface area (Å²) in [5, 5.41) is 6.03. The lowest BCUT2D eigenvalue weighted by Crippen LogP contribution is -2.36. The Labute approximate surface area is 189 Å². The SMILES string of the molecule is CCc1ccccc1N1CC(C(=O)Nc2ccccc2C(=O)NC2CCCCC2)CC1=O. The largest absolute Gasteiger partial charge is 0.349 e. The molecule has 32 heavy (non-hydrogen) atoms. The monoisotopic (exact) mass is 433 g/mol. The summed E-state index contributed by atoms with van der Waals surface area (Å²) < 4.78 is 0. The topological polar surface area (TPSA) is 78.5 Å². The molecule has 0 spiro atoms. The second-order valence-corrected chi connectivity index (χ2v) is 8.73. The van der Waals surface area contributed by atoms with Crippen LogP contribution in [0.25, 0.3) is 0 Å². The highest BCUT2D eigenvalue weighted by molar-refractivity contribution is 6.07. The molecule has 3 amide bonds. The first-order valence-electron chi connectivity index (χ1n) is 11.7. The average molecular weight is 434 g/mol. The van der Waals surface area contributed by atoms with E-state index < -0.39 is 5.92 Å². The lowest BCUT2D eigenvalue weighted by molar-refractivity contribution is -0.122. The van der Waals surface area contributed by atoms with Crippen LogP contribution in [0.4, 0.5) is 11.4 Å². The third-order valence-electron chi connectivity index (χ3n) is 6.53. The Morgan fingerprint density at radius 3 is 2.50 bits per heavy atom. The van der Waals surface area contributed by atoms with Gasteiger partial charge in [0.2, 0.25) is 11.8 Å². The number of para-hydroxylation sites is 2. The Kier molecular flexibility index (Phi) is 6.88. The Morgan fingerprint density at radius 2 is 1.72 bits per heavy atom. The predicted molar refractivity (Wildman–Crippen MR) is 126 cm³/mol. The van der Waals surface area contributed by atoms with E-state index in [0.29, 0.717) is 17.8 Å². The highest BCUT2D eigenvalue weighted by Crippen LogP contribution is 2.29. The van der Waals surface area contributed by atoms with Crippen molar-refractivity contribution in [1.29, 1.82) is 0 Å². The summed E-state index contributed by atoms with van der Waals surface area (Å²) in [6.07, 6.45) is 6.48. The van der Waals surface area contributed by atoms with Gasteiger partial charge in [-0.3, -0.25) is 14.4 Å². The van der Waals surface area contributed by atoms with Gasteiger partial charge in [0, 0.05) is 24.7 Å². The number of benzene rings is 2. The Balaban J connectivity index is 1.44. The van der Waals surface area contributed by atoms with Gasteiger partial charge in [-0.25, -0.2) is 0 Å². The van der Waals surface area contributed by atoms with Crippen molar-refractivity contribution in [2.75, 3.05) is 16.8 Å². The molecular weight excluding hydrogens is 402 g/mol. The van der Waals surface area contributed by atoms with E-state index in [2.05, 4.69) is 17.6 Å². The molecule has 1 unspecified atom stereocenters. The number of hydrogen-bond donors (Lipinski definition) is 2. The zero-order valence-corrected chi connectivity index (χ0v) is 18.6. The van der Waals surface area contributed by atoms with Crippen LogP contribution in [0, 0.1) is 5.92 Å². The number of nitrogens with one attached hydrogen (secondary N) is 2. The van der Waals surface area contributed by atoms with Gasteiger partial charge >= 0.3 is 0 Å². The van der Waals surface area contributed by atoms with Gasteiger partial charge in [-0.1, -0.05) is 56.5 Å². The first-order valence-corrected chi connectivity index (χ1v) is 11.7. The second kappa shape index (κ2) is 9.98. The molecule has 6 nitrogen and oxygen atoms in total. The summed E-state index contributed by atoms with van der Waals surface area (Å²) in [5.74, 6) is -0.891. The van der Waals surface area contributed by atoms with E-state index in [-0.39, 0.29) is 30.2 Å². The molecule has 1 aliphatic carbocycles. The molecule has 1 aliphatic heterocycles. The molecule has 2 aliphatic rings. The van der Waals surface area contributed by atoms with Crippen molar-refractivity contribution < 1.29 is 14.4 Å². The first-order chi connectivity index (χ1) is 15.6. The highest BCUT2D eigenvalue weighted by atomic mass is 16.2. The minimum absolute atomic E-state index is 0.0469. The normalized spacial score (nSPS) is 19.1. The quantitative estimate of drug-likeness (QED) is 0.713. The van der Waals surface area contributed by atoms with Crippen molar-refractivity contribution in [3.05, 3.63) is 59.7 Å². The van der Waals surface area contributed by atoms with Crippen LogP contribution in [0.3, 0.4) is 0 Å². The second-order valence-electron chi connectivity index (χ2n) is 8.73. The fourth-order valence-corrected chi connectivity index (χ4v) is 4.72. The summed E-state index contributed by atoms with van der Waals surface area (Å²) in [7, 11) is 0. The number of hydrogen-bond acceptors (Lipinski definition) is 3. The maximum Gasteiger partial charge on any atom is 0.253 e. The molecule has 0 radical (unpaired) electrons. The van der Waals surface area contributed by atoms with E-state index in [1.54, 1.807) is 29.2 Å². The molecule has 168 valence electrons. The van der Waals surface area contributed by atoms with Crippen LogP contribution in [0.5, 0.6) is 0 Å². The van der Waals surface area contributed by atoms with Gasteiger partial charge in [-0.05, 0) is 43.0 Å². The maximum absolute atomic E-state index is 13.0. The van der Waals surface area contributed by atoms with Crippen LogP contribution < -0.4 is 15.5 Å². The third kappa shape index (κ3) is 4.85. The van der Waals surface area contributed by atoms with Crippen molar-refractivity contribution in [3.63, 3.8) is 0 Å². The van der Waals surface area contributed by atoms with Crippen LogP contribution in [0.2, 0.25) is 0 Å². The van der Waals surface area contributed by atoms with Crippen LogP contribution in [0.15, 0.2) is 48.5 Å². The molecule has 2 fully saturated rings. The van der Waals surface area contributed by atoms with Gasteiger partial charge in [0.05, 0.1) is 17.2 Å². The number of carbonyl (C=O) groups excluding carboxylic acids is 3. The van der Waals surface area contributed by atoms with Crippen molar-refractivity contribution >= 4 is 29.1 Å². The summed E-state index contributed by atoms with van der Waals surface area (Å²) in [6, 6.07) is 15.1. The maximum atomic E-state index is 13.0. The molecule has 2 aromatic rings. The Hall–Kier alpha value is -3.15. The lowest BCUT2D eigenvalue weighted by Gasteiger charge is -2.23. The molecule has 1 atom stereocenters. The number of rotatable bonds is 6. The molecule has 1 saturated carbocycles. The summed E-state index contributed by atoms with van der Waals surface area (Å²) in [4.78, 5) is 40.3. The van der Waals surface area contributed by atoms with Gasteiger partial charge in [0.1, 0.15) is 0 Å². The molecule has 6 heteroatoms. The number of carbonyl (C=O) groups is 3. The standard InChI is InChI=1S/C26H31N3O3/c1-2-18-10-6-9-15-23(18)29-17-19(16-24(29)30)25(31)28-22-14-8-7-13-21(22)26(32)27-20-11-4-3-5-12-20/h6-10,13-15,19-20H,2-5,11-12,16-17H2,1H3,(H,27,32)(H,28,31). The van der Waals surface area contributed by atoms with Gasteiger partial charge in [-0.15, -0.1) is 0 Å². The third-order valence-corrected chi connectivity index (χ3v) is 6.53. The molecule has 4 rings (SSSR count). The minimum Gasteiger partial charge on any atom is -0.349 e. The van der Waals surface area contributed by atoms with Crippen molar-refractivity contribution in [2.45, 2.75) is 57.9 Å². The Morgan fingerprint density at radius 1 is 1.00 bits per heavy atom. The van der Waals surface area contributed by atoms with Crippen molar-refractivity contribution in [1.82, 2.24) is 5.32 Å². The fraction of sp³-hybridized carbons (Fsp3) is 0.423. The van der Waals surface area contributed by atoms with E-state index >= 15 is 0 Å². The zero-order chi connectivity index (χ0) is 22.5. The van der Waals surface area contributed by atoms with Gasteiger partial charge in [0.15, 0.2) is 0 Å². The summed E-state index contributed by atoms with van der Waals surface area (Å²) >= 11 is 0. The number of anilines is 2. The zero-order valence-electron chi connectivity index (χ0n) is 18.6. The lowest BCUT2D eigenvalue weighted by atomic mass is 9.95. The van der Waals surface area contributed by atoms with E-state index in [4.69, 9.17) is 0 Å². The molecule has 0 aromatic heterocycles. The number of aryl methyl sites for hydroxylation is 1. The van der Waals surface area contributed by atoms with Crippen LogP contribution in [0.1, 0.15) is 61.4 Å². The highest BCUT2D eigenvalue weighted by Gasteiger charge is 2.36. The van der Waals surface area contributed by atoms with E-state index in [9.17, 15) is 14.4 Å². The number of amides is 3. The molecule has 2 aromatic carbocycles. The molecule has 1 saturated heterocycles. The van der Waals surface area contributed by atoms with Crippen LogP contribution in [-0.2, 0) is 16.0 Å². The van der Waals surface area contributed by atoms with Gasteiger partial charge in [-0.2, -0.15) is 0 Å². The van der Waals surface area contributed by atoms with Crippen molar-refractivity contribution in [3.8, 4) is 0 Å². The van der Waals surface area contributed by atoms with E-state index in [0.717, 1.165) is 43.4 Å². The van der Waals surface area contributed by atoms with Crippen LogP contribution in [-0.4, -0.2) is 30.3 Å². The molecule has 1 heterocycles. The smallest absolute Gasteiger partial charge is 0.253 e. The van der Waals surface area contributed by atoms with Gasteiger partial charge in [0.25, 0.3) is 5.91 Å². The van der Waals surface area contributed by atoms with Gasteiger partial charge < -0.3 is 15.5 Å². The summed E-state index contributed by atoms with van der Waals surface area (Å²) in [5.41, 5.74) is 2.92. The van der Waals surface area contributed by atoms with Crippen LogP contribution >= 0.6 is 0 Å². The van der Waals surface area contributed by atoms with E-state index in [1.165, 1.54) is 6.42 Å².